The van der Waals surface area contributed by atoms with Gasteiger partial charge in [0.1, 0.15) is 12.2 Å². The minimum Gasteiger partial charge on any atom is -0.435 e. The van der Waals surface area contributed by atoms with Gasteiger partial charge in [0.15, 0.2) is 0 Å². The average Bonchev–Trinajstić information content (AvgIpc) is 2.23. The third kappa shape index (κ3) is 11.3. The van der Waals surface area contributed by atoms with Gasteiger partial charge in [0.05, 0.1) is 6.26 Å². The highest BCUT2D eigenvalue weighted by atomic mass is 16.5. The molecule has 0 unspecified atom stereocenters. The second-order valence-corrected chi connectivity index (χ2v) is 5.61. The van der Waals surface area contributed by atoms with Crippen LogP contribution in [0.25, 0.3) is 0 Å². The summed E-state index contributed by atoms with van der Waals surface area (Å²) in [5, 5.41) is 0. The first-order valence-corrected chi connectivity index (χ1v) is 6.43. The van der Waals surface area contributed by atoms with Crippen molar-refractivity contribution >= 4 is 11.9 Å². The molecule has 0 aliphatic heterocycles. The molecule has 0 saturated heterocycles. The normalized spacial score (nSPS) is 10.7. The summed E-state index contributed by atoms with van der Waals surface area (Å²) in [6.07, 6.45) is 4.05. The highest BCUT2D eigenvalue weighted by Crippen LogP contribution is 2.22. The molecule has 0 atom stereocenters. The molecule has 0 aliphatic rings. The van der Waals surface area contributed by atoms with E-state index in [2.05, 4.69) is 38.7 Å². The van der Waals surface area contributed by atoms with E-state index in [0.29, 0.717) is 6.42 Å². The van der Waals surface area contributed by atoms with E-state index in [1.807, 2.05) is 0 Å². The fraction of sp³-hybridized carbons (Fsp3) is 0.600. The van der Waals surface area contributed by atoms with E-state index in [1.165, 1.54) is 0 Å². The molecule has 0 saturated carbocycles. The number of carbonyl (C=O) groups excluding carboxylic acids is 2. The molecule has 0 heterocycles. The van der Waals surface area contributed by atoms with Crippen LogP contribution in [0.3, 0.4) is 0 Å². The monoisotopic (exact) mass is 268 g/mol. The second-order valence-electron chi connectivity index (χ2n) is 5.61. The maximum absolute atomic E-state index is 11.5. The van der Waals surface area contributed by atoms with E-state index in [-0.39, 0.29) is 23.6 Å². The molecule has 0 aromatic rings. The highest BCUT2D eigenvalue weighted by molar-refractivity contribution is 5.75. The van der Waals surface area contributed by atoms with Gasteiger partial charge in [-0.25, -0.2) is 0 Å². The maximum Gasteiger partial charge on any atom is 0.318 e. The van der Waals surface area contributed by atoms with E-state index in [9.17, 15) is 9.59 Å². The predicted octanol–water partition coefficient (Wildman–Crippen LogP) is 3.73. The molecule has 0 fully saturated rings. The van der Waals surface area contributed by atoms with Crippen molar-refractivity contribution in [1.29, 1.82) is 0 Å². The first kappa shape index (κ1) is 17.4. The first-order valence-electron chi connectivity index (χ1n) is 6.43. The van der Waals surface area contributed by atoms with Crippen LogP contribution < -0.4 is 0 Å². The molecule has 0 amide bonds. The number of ether oxygens (including phenoxy) is 2. The number of rotatable bonds is 8. The summed E-state index contributed by atoms with van der Waals surface area (Å²) in [5.74, 6) is -0.793. The van der Waals surface area contributed by atoms with Crippen LogP contribution in [-0.2, 0) is 19.1 Å². The number of hydrogen-bond acceptors (Lipinski definition) is 4. The van der Waals surface area contributed by atoms with Gasteiger partial charge in [-0.15, -0.1) is 0 Å². The average molecular weight is 268 g/mol. The third-order valence-electron chi connectivity index (χ3n) is 2.37. The summed E-state index contributed by atoms with van der Waals surface area (Å²) in [4.78, 5) is 22.5. The Morgan fingerprint density at radius 2 is 1.79 bits per heavy atom. The molecule has 0 aliphatic carbocycles. The summed E-state index contributed by atoms with van der Waals surface area (Å²) >= 11 is 0. The van der Waals surface area contributed by atoms with Crippen LogP contribution in [0.2, 0.25) is 0 Å². The van der Waals surface area contributed by atoms with E-state index in [1.54, 1.807) is 0 Å². The van der Waals surface area contributed by atoms with Gasteiger partial charge in [-0.05, 0) is 18.3 Å². The lowest BCUT2D eigenvalue weighted by molar-refractivity contribution is -0.142. The van der Waals surface area contributed by atoms with Crippen LogP contribution in [0.15, 0.2) is 25.2 Å². The fourth-order valence-corrected chi connectivity index (χ4v) is 1.47. The van der Waals surface area contributed by atoms with Crippen molar-refractivity contribution in [3.05, 3.63) is 25.2 Å². The van der Waals surface area contributed by atoms with Crippen molar-refractivity contribution in [2.75, 3.05) is 0 Å². The minimum absolute atomic E-state index is 0.104. The van der Waals surface area contributed by atoms with E-state index in [0.717, 1.165) is 25.5 Å². The van der Waals surface area contributed by atoms with E-state index >= 15 is 0 Å². The van der Waals surface area contributed by atoms with Gasteiger partial charge in [-0.2, -0.15) is 0 Å². The molecule has 0 aromatic carbocycles. The number of esters is 2. The Labute approximate surface area is 115 Å². The molecule has 19 heavy (non-hydrogen) atoms. The van der Waals surface area contributed by atoms with Gasteiger partial charge in [0.2, 0.25) is 0 Å². The number of hydrogen-bond donors (Lipinski definition) is 0. The lowest BCUT2D eigenvalue weighted by Crippen LogP contribution is -2.09. The van der Waals surface area contributed by atoms with Crippen LogP contribution >= 0.6 is 0 Å². The molecule has 108 valence electrons. The molecular formula is C15H24O4. The fourth-order valence-electron chi connectivity index (χ4n) is 1.47. The molecule has 0 spiro atoms. The van der Waals surface area contributed by atoms with Crippen molar-refractivity contribution in [1.82, 2.24) is 0 Å². The molecule has 0 bridgehead atoms. The van der Waals surface area contributed by atoms with Gasteiger partial charge >= 0.3 is 11.9 Å². The molecule has 0 rings (SSSR count). The quantitative estimate of drug-likeness (QED) is 0.382. The highest BCUT2D eigenvalue weighted by Gasteiger charge is 2.12. The molecule has 0 radical (unpaired) electrons. The Balaban J connectivity index is 3.77. The van der Waals surface area contributed by atoms with Crippen LogP contribution in [0.1, 0.15) is 52.9 Å². The SMILES string of the molecule is C=COC(=O)CC(=C)OC(=O)CCCCC(C)(C)C. The van der Waals surface area contributed by atoms with Crippen molar-refractivity contribution in [3.63, 3.8) is 0 Å². The molecule has 4 heteroatoms. The minimum atomic E-state index is -0.541. The van der Waals surface area contributed by atoms with Crippen molar-refractivity contribution in [2.24, 2.45) is 5.41 Å². The van der Waals surface area contributed by atoms with Gasteiger partial charge in [0.25, 0.3) is 0 Å². The molecule has 0 N–H and O–H groups in total. The van der Waals surface area contributed by atoms with Gasteiger partial charge < -0.3 is 9.47 Å². The summed E-state index contributed by atoms with van der Waals surface area (Å²) in [6, 6.07) is 0. The second kappa shape index (κ2) is 8.51. The smallest absolute Gasteiger partial charge is 0.318 e. The number of unbranched alkanes of at least 4 members (excludes halogenated alkanes) is 1. The zero-order chi connectivity index (χ0) is 14.9. The lowest BCUT2D eigenvalue weighted by atomic mass is 9.89. The van der Waals surface area contributed by atoms with Crippen LogP contribution in [-0.4, -0.2) is 11.9 Å². The first-order chi connectivity index (χ1) is 8.74. The number of carbonyl (C=O) groups is 2. The molecule has 0 aromatic heterocycles. The standard InChI is InChI=1S/C15H24O4/c1-6-18-14(17)11-12(2)19-13(16)9-7-8-10-15(3,4)5/h6H,1-2,7-11H2,3-5H3. The summed E-state index contributed by atoms with van der Waals surface area (Å²) < 4.78 is 9.43. The van der Waals surface area contributed by atoms with E-state index < -0.39 is 5.97 Å². The topological polar surface area (TPSA) is 52.6 Å². The largest absolute Gasteiger partial charge is 0.435 e. The van der Waals surface area contributed by atoms with Crippen molar-refractivity contribution < 1.29 is 19.1 Å². The lowest BCUT2D eigenvalue weighted by Gasteiger charge is -2.17. The summed E-state index contributed by atoms with van der Waals surface area (Å²) in [6.45, 7) is 13.3. The molecule has 4 nitrogen and oxygen atoms in total. The Morgan fingerprint density at radius 3 is 2.32 bits per heavy atom. The summed E-state index contributed by atoms with van der Waals surface area (Å²) in [7, 11) is 0. The third-order valence-corrected chi connectivity index (χ3v) is 2.37. The van der Waals surface area contributed by atoms with Crippen LogP contribution in [0.5, 0.6) is 0 Å². The van der Waals surface area contributed by atoms with E-state index in [4.69, 9.17) is 4.74 Å². The Hall–Kier alpha value is -1.58. The Morgan fingerprint density at radius 1 is 1.16 bits per heavy atom. The summed E-state index contributed by atoms with van der Waals surface area (Å²) in [5.41, 5.74) is 0.280. The van der Waals surface area contributed by atoms with Crippen molar-refractivity contribution in [2.45, 2.75) is 52.9 Å². The van der Waals surface area contributed by atoms with Gasteiger partial charge in [-0.1, -0.05) is 40.3 Å². The Bertz CT molecular complexity index is 337. The van der Waals surface area contributed by atoms with Crippen molar-refractivity contribution in [3.8, 4) is 0 Å². The Kier molecular flexibility index (Phi) is 7.80. The zero-order valence-electron chi connectivity index (χ0n) is 12.2. The molecular weight excluding hydrogens is 244 g/mol. The van der Waals surface area contributed by atoms with Crippen LogP contribution in [0.4, 0.5) is 0 Å². The maximum atomic E-state index is 11.5. The zero-order valence-corrected chi connectivity index (χ0v) is 12.2. The van der Waals surface area contributed by atoms with Crippen LogP contribution in [0, 0.1) is 5.41 Å². The van der Waals surface area contributed by atoms with Gasteiger partial charge in [0, 0.05) is 6.42 Å². The van der Waals surface area contributed by atoms with Gasteiger partial charge in [-0.3, -0.25) is 9.59 Å². The predicted molar refractivity (Wildman–Crippen MR) is 74.1 cm³/mol.